The number of hydrogen-bond donors (Lipinski definition) is 1. The highest BCUT2D eigenvalue weighted by Crippen LogP contribution is 2.20. The third-order valence-electron chi connectivity index (χ3n) is 3.55. The Morgan fingerprint density at radius 2 is 2.00 bits per heavy atom. The quantitative estimate of drug-likeness (QED) is 0.896. The minimum atomic E-state index is -0.330. The summed E-state index contributed by atoms with van der Waals surface area (Å²) in [5.41, 5.74) is 1.03. The standard InChI is InChI=1S/C15H21N3O2/c1-3-4-10-18(12-8-6-5-7-9-12)13-11-14(19)17(2)15(20)16-13/h5-9,13H,3-4,10-11H2,1-2H3,(H,16,20). The Hall–Kier alpha value is -2.04. The summed E-state index contributed by atoms with van der Waals surface area (Å²) in [6.07, 6.45) is 2.13. The van der Waals surface area contributed by atoms with E-state index in [1.807, 2.05) is 30.3 Å². The van der Waals surface area contributed by atoms with Gasteiger partial charge in [0.1, 0.15) is 6.17 Å². The molecule has 0 spiro atoms. The van der Waals surface area contributed by atoms with Crippen LogP contribution in [0.1, 0.15) is 26.2 Å². The summed E-state index contributed by atoms with van der Waals surface area (Å²) >= 11 is 0. The molecule has 2 rings (SSSR count). The van der Waals surface area contributed by atoms with Gasteiger partial charge in [-0.25, -0.2) is 4.79 Å². The summed E-state index contributed by atoms with van der Waals surface area (Å²) in [5.74, 6) is -0.142. The maximum absolute atomic E-state index is 11.9. The van der Waals surface area contributed by atoms with Gasteiger partial charge in [0.25, 0.3) is 0 Å². The van der Waals surface area contributed by atoms with Crippen LogP contribution in [-0.2, 0) is 4.79 Å². The van der Waals surface area contributed by atoms with Crippen molar-refractivity contribution in [2.75, 3.05) is 18.5 Å². The molecule has 0 aromatic heterocycles. The SMILES string of the molecule is CCCCN(c1ccccc1)C1CC(=O)N(C)C(=O)N1. The molecule has 108 valence electrons. The molecule has 1 aliphatic heterocycles. The maximum Gasteiger partial charge on any atom is 0.325 e. The van der Waals surface area contributed by atoms with Crippen LogP contribution in [0, 0.1) is 0 Å². The van der Waals surface area contributed by atoms with Crippen molar-refractivity contribution < 1.29 is 9.59 Å². The predicted octanol–water partition coefficient (Wildman–Crippen LogP) is 2.19. The fourth-order valence-corrected chi connectivity index (χ4v) is 2.31. The van der Waals surface area contributed by atoms with Gasteiger partial charge in [-0.05, 0) is 18.6 Å². The highest BCUT2D eigenvalue weighted by atomic mass is 16.2. The van der Waals surface area contributed by atoms with Gasteiger partial charge in [-0.15, -0.1) is 0 Å². The normalized spacial score (nSPS) is 18.9. The van der Waals surface area contributed by atoms with Gasteiger partial charge in [-0.1, -0.05) is 31.5 Å². The van der Waals surface area contributed by atoms with Crippen LogP contribution in [0.15, 0.2) is 30.3 Å². The summed E-state index contributed by atoms with van der Waals surface area (Å²) in [4.78, 5) is 26.9. The second-order valence-electron chi connectivity index (χ2n) is 5.00. The summed E-state index contributed by atoms with van der Waals surface area (Å²) in [5, 5.41) is 2.90. The van der Waals surface area contributed by atoms with Crippen molar-refractivity contribution in [2.24, 2.45) is 0 Å². The number of urea groups is 1. The van der Waals surface area contributed by atoms with Crippen molar-refractivity contribution in [2.45, 2.75) is 32.4 Å². The van der Waals surface area contributed by atoms with Crippen molar-refractivity contribution in [1.29, 1.82) is 0 Å². The monoisotopic (exact) mass is 275 g/mol. The predicted molar refractivity (Wildman–Crippen MR) is 78.4 cm³/mol. The van der Waals surface area contributed by atoms with Crippen molar-refractivity contribution in [3.63, 3.8) is 0 Å². The molecule has 1 heterocycles. The number of anilines is 1. The summed E-state index contributed by atoms with van der Waals surface area (Å²) in [6, 6.07) is 9.57. The lowest BCUT2D eigenvalue weighted by atomic mass is 10.1. The Morgan fingerprint density at radius 3 is 2.60 bits per heavy atom. The second-order valence-corrected chi connectivity index (χ2v) is 5.00. The van der Waals surface area contributed by atoms with E-state index in [9.17, 15) is 9.59 Å². The first kappa shape index (κ1) is 14.4. The summed E-state index contributed by atoms with van der Waals surface area (Å²) in [6.45, 7) is 2.95. The molecule has 5 nitrogen and oxygen atoms in total. The van der Waals surface area contributed by atoms with E-state index < -0.39 is 0 Å². The first-order valence-electron chi connectivity index (χ1n) is 7.02. The molecule has 1 aliphatic rings. The number of amides is 3. The Kier molecular flexibility index (Phi) is 4.61. The third kappa shape index (κ3) is 3.10. The highest BCUT2D eigenvalue weighted by molar-refractivity contribution is 5.97. The van der Waals surface area contributed by atoms with Gasteiger partial charge in [0, 0.05) is 19.3 Å². The van der Waals surface area contributed by atoms with Crippen molar-refractivity contribution >= 4 is 17.6 Å². The lowest BCUT2D eigenvalue weighted by Crippen LogP contribution is -2.59. The van der Waals surface area contributed by atoms with Crippen LogP contribution in [0.25, 0.3) is 0 Å². The Morgan fingerprint density at radius 1 is 1.30 bits per heavy atom. The topological polar surface area (TPSA) is 52.7 Å². The van der Waals surface area contributed by atoms with Crippen LogP contribution in [0.4, 0.5) is 10.5 Å². The largest absolute Gasteiger partial charge is 0.351 e. The van der Waals surface area contributed by atoms with E-state index in [1.54, 1.807) is 0 Å². The average Bonchev–Trinajstić information content (AvgIpc) is 2.46. The first-order valence-corrected chi connectivity index (χ1v) is 7.02. The maximum atomic E-state index is 11.9. The number of nitrogens with zero attached hydrogens (tertiary/aromatic N) is 2. The van der Waals surface area contributed by atoms with E-state index in [0.717, 1.165) is 30.0 Å². The lowest BCUT2D eigenvalue weighted by Gasteiger charge is -2.38. The molecular formula is C15H21N3O2. The molecule has 1 aromatic carbocycles. The van der Waals surface area contributed by atoms with Gasteiger partial charge >= 0.3 is 6.03 Å². The Bertz CT molecular complexity index is 457. The number of carbonyl (C=O) groups is 2. The molecule has 3 amide bonds. The van der Waals surface area contributed by atoms with E-state index in [1.165, 1.54) is 7.05 Å². The molecule has 0 radical (unpaired) electrons. The number of rotatable bonds is 5. The molecular weight excluding hydrogens is 254 g/mol. The average molecular weight is 275 g/mol. The van der Waals surface area contributed by atoms with Crippen molar-refractivity contribution in [3.8, 4) is 0 Å². The molecule has 1 fully saturated rings. The van der Waals surface area contributed by atoms with E-state index in [-0.39, 0.29) is 18.1 Å². The highest BCUT2D eigenvalue weighted by Gasteiger charge is 2.32. The van der Waals surface area contributed by atoms with E-state index in [0.29, 0.717) is 6.42 Å². The number of carbonyl (C=O) groups excluding carboxylic acids is 2. The number of benzene rings is 1. The Balaban J connectivity index is 2.19. The van der Waals surface area contributed by atoms with Gasteiger partial charge in [-0.3, -0.25) is 9.69 Å². The summed E-state index contributed by atoms with van der Waals surface area (Å²) < 4.78 is 0. The van der Waals surface area contributed by atoms with E-state index in [4.69, 9.17) is 0 Å². The molecule has 1 saturated heterocycles. The van der Waals surface area contributed by atoms with Crippen molar-refractivity contribution in [3.05, 3.63) is 30.3 Å². The molecule has 0 bridgehead atoms. The molecule has 1 unspecified atom stereocenters. The molecule has 1 aromatic rings. The zero-order valence-electron chi connectivity index (χ0n) is 12.0. The van der Waals surface area contributed by atoms with Crippen LogP contribution in [0.3, 0.4) is 0 Å². The van der Waals surface area contributed by atoms with Crippen LogP contribution >= 0.6 is 0 Å². The van der Waals surface area contributed by atoms with Gasteiger partial charge in [-0.2, -0.15) is 0 Å². The number of para-hydroxylation sites is 1. The molecule has 5 heteroatoms. The van der Waals surface area contributed by atoms with Gasteiger partial charge < -0.3 is 10.2 Å². The Labute approximate surface area is 119 Å². The van der Waals surface area contributed by atoms with Gasteiger partial charge in [0.2, 0.25) is 5.91 Å². The zero-order chi connectivity index (χ0) is 14.5. The second kappa shape index (κ2) is 6.41. The van der Waals surface area contributed by atoms with Crippen LogP contribution in [-0.4, -0.2) is 36.6 Å². The number of nitrogens with one attached hydrogen (secondary N) is 1. The minimum absolute atomic E-state index is 0.142. The number of hydrogen-bond acceptors (Lipinski definition) is 3. The zero-order valence-corrected chi connectivity index (χ0v) is 12.0. The van der Waals surface area contributed by atoms with Crippen LogP contribution in [0.5, 0.6) is 0 Å². The third-order valence-corrected chi connectivity index (χ3v) is 3.55. The molecule has 0 saturated carbocycles. The fourth-order valence-electron chi connectivity index (χ4n) is 2.31. The fraction of sp³-hybridized carbons (Fsp3) is 0.467. The molecule has 20 heavy (non-hydrogen) atoms. The van der Waals surface area contributed by atoms with E-state index >= 15 is 0 Å². The molecule has 1 atom stereocenters. The smallest absolute Gasteiger partial charge is 0.325 e. The van der Waals surface area contributed by atoms with Gasteiger partial charge in [0.15, 0.2) is 0 Å². The van der Waals surface area contributed by atoms with Crippen LogP contribution < -0.4 is 10.2 Å². The number of unbranched alkanes of at least 4 members (excludes halogenated alkanes) is 1. The number of imide groups is 1. The van der Waals surface area contributed by atoms with Crippen LogP contribution in [0.2, 0.25) is 0 Å². The lowest BCUT2D eigenvalue weighted by molar-refractivity contribution is -0.129. The summed E-state index contributed by atoms with van der Waals surface area (Å²) in [7, 11) is 1.51. The minimum Gasteiger partial charge on any atom is -0.351 e. The van der Waals surface area contributed by atoms with E-state index in [2.05, 4.69) is 17.1 Å². The molecule has 1 N–H and O–H groups in total. The van der Waals surface area contributed by atoms with Crippen molar-refractivity contribution in [1.82, 2.24) is 10.2 Å². The molecule has 0 aliphatic carbocycles. The first-order chi connectivity index (χ1) is 9.63. The van der Waals surface area contributed by atoms with Gasteiger partial charge in [0.05, 0.1) is 6.42 Å².